The number of benzene rings is 1. The molecule has 1 aliphatic heterocycles. The van der Waals surface area contributed by atoms with Gasteiger partial charge >= 0.3 is 24.3 Å². The molecule has 18 heteroatoms. The summed E-state index contributed by atoms with van der Waals surface area (Å²) in [4.78, 5) is 51.8. The molecule has 2 fully saturated rings. The zero-order chi connectivity index (χ0) is 36.6. The van der Waals surface area contributed by atoms with Crippen molar-refractivity contribution >= 4 is 41.0 Å². The molecule has 0 atom stereocenters. The molecule has 1 saturated heterocycles. The Kier molecular flexibility index (Phi) is 16.4. The number of amides is 2. The Morgan fingerprint density at radius 3 is 2.00 bits per heavy atom. The topological polar surface area (TPSA) is 149 Å². The predicted octanol–water partition coefficient (Wildman–Crippen LogP) is 6.28. The molecule has 0 spiro atoms. The van der Waals surface area contributed by atoms with Crippen LogP contribution in [0.1, 0.15) is 61.7 Å². The Bertz CT molecular complexity index is 1350. The third-order valence-electron chi connectivity index (χ3n) is 7.26. The van der Waals surface area contributed by atoms with Crippen molar-refractivity contribution < 1.29 is 60.5 Å². The highest BCUT2D eigenvalue weighted by Crippen LogP contribution is 2.28. The molecular formula is C31H37ClF6N4O7. The molecule has 49 heavy (non-hydrogen) atoms. The van der Waals surface area contributed by atoms with Gasteiger partial charge in [0.2, 0.25) is 5.91 Å². The van der Waals surface area contributed by atoms with Gasteiger partial charge in [-0.1, -0.05) is 24.4 Å². The molecule has 1 aliphatic carbocycles. The molecule has 11 nitrogen and oxygen atoms in total. The monoisotopic (exact) mass is 726 g/mol. The van der Waals surface area contributed by atoms with E-state index in [-0.39, 0.29) is 17.9 Å². The molecule has 1 aromatic heterocycles. The summed E-state index contributed by atoms with van der Waals surface area (Å²) in [6.45, 7) is 3.36. The first kappa shape index (κ1) is 40.9. The van der Waals surface area contributed by atoms with Gasteiger partial charge in [0.05, 0.1) is 0 Å². The lowest BCUT2D eigenvalue weighted by Gasteiger charge is -2.29. The van der Waals surface area contributed by atoms with E-state index < -0.39 is 24.3 Å². The van der Waals surface area contributed by atoms with Crippen LogP contribution in [0.5, 0.6) is 5.75 Å². The highest BCUT2D eigenvalue weighted by atomic mass is 35.5. The molecule has 1 saturated carbocycles. The van der Waals surface area contributed by atoms with E-state index in [1.54, 1.807) is 30.6 Å². The molecule has 2 aromatic rings. The van der Waals surface area contributed by atoms with Crippen LogP contribution in [0.3, 0.4) is 0 Å². The number of rotatable bonds is 11. The first-order valence-corrected chi connectivity index (χ1v) is 15.6. The molecule has 3 N–H and O–H groups in total. The van der Waals surface area contributed by atoms with Crippen molar-refractivity contribution in [1.29, 1.82) is 0 Å². The van der Waals surface area contributed by atoms with Crippen molar-refractivity contribution in [2.24, 2.45) is 0 Å². The number of alkyl halides is 6. The van der Waals surface area contributed by atoms with Gasteiger partial charge in [-0.25, -0.2) is 9.59 Å². The summed E-state index contributed by atoms with van der Waals surface area (Å²) in [6, 6.07) is 9.23. The number of aliphatic carboxylic acids is 2. The van der Waals surface area contributed by atoms with Gasteiger partial charge in [0.25, 0.3) is 5.91 Å². The lowest BCUT2D eigenvalue weighted by atomic mass is 10.1. The van der Waals surface area contributed by atoms with Crippen LogP contribution in [-0.4, -0.2) is 99.9 Å². The molecule has 2 amide bonds. The van der Waals surface area contributed by atoms with Crippen LogP contribution in [0.15, 0.2) is 42.7 Å². The molecule has 4 rings (SSSR count). The summed E-state index contributed by atoms with van der Waals surface area (Å²) >= 11 is 6.36. The number of nitrogens with one attached hydrogen (secondary N) is 1. The quantitative estimate of drug-likeness (QED) is 0.180. The first-order valence-electron chi connectivity index (χ1n) is 15.2. The maximum absolute atomic E-state index is 13.6. The largest absolute Gasteiger partial charge is 0.492 e. The van der Waals surface area contributed by atoms with Crippen LogP contribution >= 0.6 is 11.6 Å². The third kappa shape index (κ3) is 15.2. The normalized spacial score (nSPS) is 14.6. The number of ether oxygens (including phenoxy) is 1. The lowest BCUT2D eigenvalue weighted by molar-refractivity contribution is -0.193. The molecule has 1 aromatic carbocycles. The zero-order valence-electron chi connectivity index (χ0n) is 26.2. The molecule has 2 aliphatic rings. The van der Waals surface area contributed by atoms with Crippen LogP contribution in [0, 0.1) is 0 Å². The highest BCUT2D eigenvalue weighted by molar-refractivity contribution is 6.31. The maximum Gasteiger partial charge on any atom is 0.490 e. The van der Waals surface area contributed by atoms with Gasteiger partial charge in [-0.3, -0.25) is 14.6 Å². The lowest BCUT2D eigenvalue weighted by Crippen LogP contribution is -2.40. The number of hydrogen-bond donors (Lipinski definition) is 3. The SMILES string of the molecule is O=C(CCCN(C(=O)c1cc(Cl)cc(OCCNc2ccncc2)c1)C1CCCC1)N1CCCC1.O=C(O)C(F)(F)F.O=C(O)C(F)(F)F. The fourth-order valence-electron chi connectivity index (χ4n) is 4.96. The Morgan fingerprint density at radius 1 is 0.918 bits per heavy atom. The van der Waals surface area contributed by atoms with Gasteiger partial charge in [-0.2, -0.15) is 26.3 Å². The number of carboxylic acids is 2. The van der Waals surface area contributed by atoms with E-state index in [4.69, 9.17) is 36.1 Å². The Morgan fingerprint density at radius 2 is 1.47 bits per heavy atom. The third-order valence-corrected chi connectivity index (χ3v) is 7.48. The highest BCUT2D eigenvalue weighted by Gasteiger charge is 2.39. The second-order valence-electron chi connectivity index (χ2n) is 10.9. The van der Waals surface area contributed by atoms with E-state index in [1.165, 1.54) is 0 Å². The molecule has 2 heterocycles. The fourth-order valence-corrected chi connectivity index (χ4v) is 5.19. The van der Waals surface area contributed by atoms with E-state index in [0.29, 0.717) is 48.9 Å². The van der Waals surface area contributed by atoms with Crippen LogP contribution in [0.2, 0.25) is 5.02 Å². The second-order valence-corrected chi connectivity index (χ2v) is 11.4. The number of hydrogen-bond acceptors (Lipinski definition) is 7. The summed E-state index contributed by atoms with van der Waals surface area (Å²) in [5, 5.41) is 18.0. The average Bonchev–Trinajstić information content (AvgIpc) is 3.77. The summed E-state index contributed by atoms with van der Waals surface area (Å²) in [5.41, 5.74) is 1.51. The fraction of sp³-hybridized carbons (Fsp3) is 0.516. The van der Waals surface area contributed by atoms with Crippen molar-refractivity contribution in [1.82, 2.24) is 14.8 Å². The van der Waals surface area contributed by atoms with Crippen molar-refractivity contribution in [2.45, 2.75) is 69.8 Å². The van der Waals surface area contributed by atoms with Crippen LogP contribution in [0.25, 0.3) is 0 Å². The minimum Gasteiger partial charge on any atom is -0.492 e. The van der Waals surface area contributed by atoms with Gasteiger partial charge in [0.1, 0.15) is 12.4 Å². The second kappa shape index (κ2) is 19.7. The summed E-state index contributed by atoms with van der Waals surface area (Å²) < 4.78 is 69.4. The number of anilines is 1. The molecule has 0 unspecified atom stereocenters. The van der Waals surface area contributed by atoms with Crippen molar-refractivity contribution in [3.05, 3.63) is 53.3 Å². The smallest absolute Gasteiger partial charge is 0.490 e. The maximum atomic E-state index is 13.6. The Labute approximate surface area is 283 Å². The summed E-state index contributed by atoms with van der Waals surface area (Å²) in [6.07, 6.45) is 0.951. The van der Waals surface area contributed by atoms with Gasteiger partial charge < -0.3 is 30.1 Å². The van der Waals surface area contributed by atoms with Gasteiger partial charge in [-0.05, 0) is 62.4 Å². The first-order chi connectivity index (χ1) is 23.0. The van der Waals surface area contributed by atoms with Gasteiger partial charge in [-0.15, -0.1) is 0 Å². The van der Waals surface area contributed by atoms with E-state index in [1.807, 2.05) is 21.9 Å². The van der Waals surface area contributed by atoms with E-state index >= 15 is 0 Å². The van der Waals surface area contributed by atoms with Gasteiger partial charge in [0.15, 0.2) is 0 Å². The standard InChI is InChI=1S/C27H35ClN4O3.2C2HF3O2/c28-22-18-21(19-25(20-22)35-17-13-30-23-9-11-29-12-10-23)27(34)32(24-6-1-2-7-24)16-5-8-26(33)31-14-3-4-15-31;2*3-2(4,5)1(6)7/h9-12,18-20,24H,1-8,13-17H2,(H,29,30);2*(H,6,7). The Balaban J connectivity index is 0.000000500. The minimum absolute atomic E-state index is 0.0345. The Hall–Kier alpha value is -4.28. The number of carbonyl (C=O) groups is 4. The molecule has 0 bridgehead atoms. The number of likely N-dealkylation sites (tertiary alicyclic amines) is 1. The summed E-state index contributed by atoms with van der Waals surface area (Å²) in [7, 11) is 0. The molecule has 0 radical (unpaired) electrons. The van der Waals surface area contributed by atoms with Crippen LogP contribution < -0.4 is 10.1 Å². The minimum atomic E-state index is -5.08. The zero-order valence-corrected chi connectivity index (χ0v) is 27.0. The van der Waals surface area contributed by atoms with E-state index in [2.05, 4.69) is 10.3 Å². The van der Waals surface area contributed by atoms with Crippen LogP contribution in [-0.2, 0) is 14.4 Å². The predicted molar refractivity (Wildman–Crippen MR) is 165 cm³/mol. The molecule has 272 valence electrons. The number of halogens is 7. The van der Waals surface area contributed by atoms with Crippen LogP contribution in [0.4, 0.5) is 32.0 Å². The molecular weight excluding hydrogens is 690 g/mol. The van der Waals surface area contributed by atoms with Crippen molar-refractivity contribution in [3.8, 4) is 5.75 Å². The average molecular weight is 727 g/mol. The number of pyridine rings is 1. The van der Waals surface area contributed by atoms with Crippen molar-refractivity contribution in [3.63, 3.8) is 0 Å². The number of carbonyl (C=O) groups excluding carboxylic acids is 2. The number of aromatic nitrogens is 1. The number of carboxylic acid groups (broad SMARTS) is 2. The van der Waals surface area contributed by atoms with Crippen molar-refractivity contribution in [2.75, 3.05) is 38.1 Å². The van der Waals surface area contributed by atoms with E-state index in [9.17, 15) is 35.9 Å². The summed E-state index contributed by atoms with van der Waals surface area (Å²) in [5.74, 6) is -4.76. The van der Waals surface area contributed by atoms with Gasteiger partial charge in [0, 0.05) is 67.3 Å². The van der Waals surface area contributed by atoms with E-state index in [0.717, 1.165) is 57.3 Å². The number of nitrogens with zero attached hydrogens (tertiary/aromatic N) is 3.